The SMILES string of the molecule is O=CN(C(=O)Nc1cccc(SC(F)(F)F)c1)c1ccc2c(c1)OCO2. The van der Waals surface area contributed by atoms with Crippen LogP contribution >= 0.6 is 11.8 Å². The fourth-order valence-electron chi connectivity index (χ4n) is 2.22. The number of alkyl halides is 3. The number of ether oxygens (including phenoxy) is 2. The van der Waals surface area contributed by atoms with Crippen molar-refractivity contribution in [2.75, 3.05) is 17.0 Å². The second-order valence-electron chi connectivity index (χ2n) is 5.02. The molecule has 0 bridgehead atoms. The van der Waals surface area contributed by atoms with Gasteiger partial charge in [0.25, 0.3) is 0 Å². The number of amides is 3. The lowest BCUT2D eigenvalue weighted by molar-refractivity contribution is -0.106. The van der Waals surface area contributed by atoms with E-state index in [4.69, 9.17) is 9.47 Å². The van der Waals surface area contributed by atoms with Crippen LogP contribution in [0.3, 0.4) is 0 Å². The molecule has 6 nitrogen and oxygen atoms in total. The molecule has 0 aromatic heterocycles. The van der Waals surface area contributed by atoms with E-state index in [-0.39, 0.29) is 34.8 Å². The van der Waals surface area contributed by atoms with E-state index >= 15 is 0 Å². The van der Waals surface area contributed by atoms with Gasteiger partial charge in [-0.05, 0) is 42.1 Å². The molecule has 2 aromatic carbocycles. The number of hydrogen-bond acceptors (Lipinski definition) is 5. The topological polar surface area (TPSA) is 67.9 Å². The van der Waals surface area contributed by atoms with E-state index in [0.717, 1.165) is 4.90 Å². The van der Waals surface area contributed by atoms with Gasteiger partial charge in [0.05, 0.1) is 5.69 Å². The van der Waals surface area contributed by atoms with Crippen LogP contribution in [0.25, 0.3) is 0 Å². The molecule has 0 saturated heterocycles. The van der Waals surface area contributed by atoms with Gasteiger partial charge in [0.1, 0.15) is 0 Å². The summed E-state index contributed by atoms with van der Waals surface area (Å²) in [5.74, 6) is 0.864. The summed E-state index contributed by atoms with van der Waals surface area (Å²) in [6, 6.07) is 8.87. The fraction of sp³-hybridized carbons (Fsp3) is 0.125. The molecular weight excluding hydrogens is 373 g/mol. The third-order valence-corrected chi connectivity index (χ3v) is 4.00. The number of rotatable bonds is 4. The molecule has 3 amide bonds. The van der Waals surface area contributed by atoms with Gasteiger partial charge in [-0.15, -0.1) is 0 Å². The Balaban J connectivity index is 1.76. The number of nitrogens with one attached hydrogen (secondary N) is 1. The van der Waals surface area contributed by atoms with Crippen molar-refractivity contribution in [3.05, 3.63) is 42.5 Å². The lowest BCUT2D eigenvalue weighted by Gasteiger charge is -2.17. The summed E-state index contributed by atoms with van der Waals surface area (Å²) < 4.78 is 47.7. The third-order valence-electron chi connectivity index (χ3n) is 3.28. The van der Waals surface area contributed by atoms with Crippen LogP contribution in [-0.2, 0) is 4.79 Å². The highest BCUT2D eigenvalue weighted by atomic mass is 32.2. The maximum absolute atomic E-state index is 12.4. The van der Waals surface area contributed by atoms with Gasteiger partial charge in [0, 0.05) is 16.6 Å². The smallest absolute Gasteiger partial charge is 0.446 e. The van der Waals surface area contributed by atoms with Crippen LogP contribution in [0.2, 0.25) is 0 Å². The molecule has 0 saturated carbocycles. The number of imide groups is 1. The van der Waals surface area contributed by atoms with Crippen LogP contribution in [0, 0.1) is 0 Å². The van der Waals surface area contributed by atoms with Crippen LogP contribution in [0.15, 0.2) is 47.4 Å². The summed E-state index contributed by atoms with van der Waals surface area (Å²) in [6.45, 7) is 0.0374. The zero-order chi connectivity index (χ0) is 18.7. The highest BCUT2D eigenvalue weighted by Crippen LogP contribution is 2.38. The predicted octanol–water partition coefficient (Wildman–Crippen LogP) is 4.22. The van der Waals surface area contributed by atoms with E-state index in [1.54, 1.807) is 6.07 Å². The van der Waals surface area contributed by atoms with Crippen molar-refractivity contribution in [3.8, 4) is 11.5 Å². The Morgan fingerprint density at radius 1 is 1.15 bits per heavy atom. The largest absolute Gasteiger partial charge is 0.454 e. The van der Waals surface area contributed by atoms with Crippen LogP contribution in [0.5, 0.6) is 11.5 Å². The molecule has 2 aromatic rings. The van der Waals surface area contributed by atoms with Crippen LogP contribution in [0.1, 0.15) is 0 Å². The summed E-state index contributed by atoms with van der Waals surface area (Å²) in [4.78, 5) is 24.3. The average molecular weight is 384 g/mol. The summed E-state index contributed by atoms with van der Waals surface area (Å²) in [5.41, 5.74) is -4.09. The molecular formula is C16H11F3N2O4S. The van der Waals surface area contributed by atoms with Crippen molar-refractivity contribution in [1.29, 1.82) is 0 Å². The minimum atomic E-state index is -4.44. The molecule has 26 heavy (non-hydrogen) atoms. The summed E-state index contributed by atoms with van der Waals surface area (Å²) in [7, 11) is 0. The lowest BCUT2D eigenvalue weighted by atomic mass is 10.2. The van der Waals surface area contributed by atoms with Gasteiger partial charge >= 0.3 is 11.5 Å². The standard InChI is InChI=1S/C16H11F3N2O4S/c17-16(18,19)26-12-3-1-2-10(6-12)20-15(23)21(8-22)11-4-5-13-14(7-11)25-9-24-13/h1-8H,9H2,(H,20,23). The lowest BCUT2D eigenvalue weighted by Crippen LogP contribution is -2.33. The molecule has 10 heteroatoms. The van der Waals surface area contributed by atoms with Crippen molar-refractivity contribution in [2.24, 2.45) is 0 Å². The van der Waals surface area contributed by atoms with E-state index < -0.39 is 11.5 Å². The zero-order valence-electron chi connectivity index (χ0n) is 12.9. The highest BCUT2D eigenvalue weighted by molar-refractivity contribution is 8.00. The minimum absolute atomic E-state index is 0.0374. The van der Waals surface area contributed by atoms with E-state index in [2.05, 4.69) is 5.32 Å². The van der Waals surface area contributed by atoms with Crippen molar-refractivity contribution in [1.82, 2.24) is 0 Å². The molecule has 1 aliphatic heterocycles. The number of thioether (sulfide) groups is 1. The fourth-order valence-corrected chi connectivity index (χ4v) is 2.82. The Hall–Kier alpha value is -2.88. The molecule has 1 aliphatic rings. The number of nitrogens with zero attached hydrogens (tertiary/aromatic N) is 1. The Bertz CT molecular complexity index is 844. The molecule has 1 N–H and O–H groups in total. The maximum Gasteiger partial charge on any atom is 0.446 e. The molecule has 0 spiro atoms. The van der Waals surface area contributed by atoms with E-state index in [1.807, 2.05) is 0 Å². The van der Waals surface area contributed by atoms with E-state index in [9.17, 15) is 22.8 Å². The number of carbonyl (C=O) groups is 2. The summed E-state index contributed by atoms with van der Waals surface area (Å²) in [5, 5.41) is 2.39. The first-order valence-corrected chi connectivity index (χ1v) is 7.98. The Labute approximate surface area is 149 Å². The average Bonchev–Trinajstić information content (AvgIpc) is 3.02. The number of anilines is 2. The molecule has 0 radical (unpaired) electrons. The van der Waals surface area contributed by atoms with Crippen LogP contribution in [-0.4, -0.2) is 24.7 Å². The first kappa shape index (κ1) is 17.9. The van der Waals surface area contributed by atoms with Gasteiger partial charge in [-0.1, -0.05) is 6.07 Å². The second-order valence-corrected chi connectivity index (χ2v) is 6.16. The van der Waals surface area contributed by atoms with Crippen molar-refractivity contribution >= 4 is 35.6 Å². The molecule has 0 fully saturated rings. The number of halogens is 3. The molecule has 3 rings (SSSR count). The number of benzene rings is 2. The Kier molecular flexibility index (Phi) is 4.94. The van der Waals surface area contributed by atoms with Crippen LogP contribution < -0.4 is 19.7 Å². The van der Waals surface area contributed by atoms with Gasteiger partial charge in [-0.3, -0.25) is 4.79 Å². The quantitative estimate of drug-likeness (QED) is 0.631. The van der Waals surface area contributed by atoms with Crippen LogP contribution in [0.4, 0.5) is 29.3 Å². The normalized spacial score (nSPS) is 12.6. The predicted molar refractivity (Wildman–Crippen MR) is 88.5 cm³/mol. The zero-order valence-corrected chi connectivity index (χ0v) is 13.8. The van der Waals surface area contributed by atoms with Crippen molar-refractivity contribution in [3.63, 3.8) is 0 Å². The monoisotopic (exact) mass is 384 g/mol. The van der Waals surface area contributed by atoms with Crippen molar-refractivity contribution in [2.45, 2.75) is 10.4 Å². The number of hydrogen-bond donors (Lipinski definition) is 1. The number of carbonyl (C=O) groups excluding carboxylic acids is 2. The third kappa shape index (κ3) is 4.20. The van der Waals surface area contributed by atoms with Gasteiger partial charge in [-0.25, -0.2) is 9.69 Å². The van der Waals surface area contributed by atoms with E-state index in [0.29, 0.717) is 17.9 Å². The Morgan fingerprint density at radius 2 is 1.92 bits per heavy atom. The summed E-state index contributed by atoms with van der Waals surface area (Å²) in [6.07, 6.45) is 0.293. The molecule has 0 unspecified atom stereocenters. The van der Waals surface area contributed by atoms with Crippen molar-refractivity contribution < 1.29 is 32.2 Å². The van der Waals surface area contributed by atoms with E-state index in [1.165, 1.54) is 36.4 Å². The highest BCUT2D eigenvalue weighted by Gasteiger charge is 2.29. The first-order valence-electron chi connectivity index (χ1n) is 7.17. The molecule has 0 aliphatic carbocycles. The Morgan fingerprint density at radius 3 is 2.65 bits per heavy atom. The minimum Gasteiger partial charge on any atom is -0.454 e. The first-order chi connectivity index (χ1) is 12.4. The molecule has 0 atom stereocenters. The number of fused-ring (bicyclic) bond motifs is 1. The number of urea groups is 1. The summed E-state index contributed by atoms with van der Waals surface area (Å²) >= 11 is -0.299. The maximum atomic E-state index is 12.4. The van der Waals surface area contributed by atoms with Gasteiger partial charge in [0.15, 0.2) is 11.5 Å². The van der Waals surface area contributed by atoms with Gasteiger partial charge in [-0.2, -0.15) is 13.2 Å². The molecule has 136 valence electrons. The second kappa shape index (κ2) is 7.16. The van der Waals surface area contributed by atoms with Gasteiger partial charge < -0.3 is 14.8 Å². The van der Waals surface area contributed by atoms with Gasteiger partial charge in [0.2, 0.25) is 13.2 Å². The molecule has 1 heterocycles.